The molecule has 0 bridgehead atoms. The van der Waals surface area contributed by atoms with Crippen LogP contribution in [0, 0.1) is 11.8 Å². The third-order valence-electron chi connectivity index (χ3n) is 3.43. The fourth-order valence-electron chi connectivity index (χ4n) is 2.21. The monoisotopic (exact) mass is 205 g/mol. The number of rotatable bonds is 2. The molecule has 2 unspecified atom stereocenters. The lowest BCUT2D eigenvalue weighted by atomic mass is 10.0. The largest absolute Gasteiger partial charge is 0.371 e. The van der Waals surface area contributed by atoms with Crippen molar-refractivity contribution in [3.63, 3.8) is 0 Å². The summed E-state index contributed by atoms with van der Waals surface area (Å²) in [5, 5.41) is 0. The molecule has 2 N–H and O–H groups in total. The van der Waals surface area contributed by atoms with E-state index in [-0.39, 0.29) is 0 Å². The van der Waals surface area contributed by atoms with E-state index < -0.39 is 0 Å². The number of hydrogen-bond donors (Lipinski definition) is 1. The average molecular weight is 205 g/mol. The standard InChI is InChI=1S/C12H19N3/c1-9-7-15(8-10(9)2)12-3-4-14-6-11(12)5-13/h3-4,6,9-10H,5,7-8,13H2,1-2H3. The topological polar surface area (TPSA) is 42.2 Å². The Balaban J connectivity index is 2.23. The van der Waals surface area contributed by atoms with Crippen LogP contribution in [0.2, 0.25) is 0 Å². The summed E-state index contributed by atoms with van der Waals surface area (Å²) < 4.78 is 0. The normalized spacial score (nSPS) is 25.9. The second kappa shape index (κ2) is 4.19. The van der Waals surface area contributed by atoms with Crippen LogP contribution in [0.3, 0.4) is 0 Å². The average Bonchev–Trinajstić information content (AvgIpc) is 2.59. The van der Waals surface area contributed by atoms with Gasteiger partial charge in [0.25, 0.3) is 0 Å². The van der Waals surface area contributed by atoms with Crippen LogP contribution in [0.1, 0.15) is 19.4 Å². The zero-order valence-corrected chi connectivity index (χ0v) is 9.48. The van der Waals surface area contributed by atoms with Crippen LogP contribution < -0.4 is 10.6 Å². The van der Waals surface area contributed by atoms with Crippen molar-refractivity contribution in [1.82, 2.24) is 4.98 Å². The molecule has 82 valence electrons. The van der Waals surface area contributed by atoms with Gasteiger partial charge in [0.2, 0.25) is 0 Å². The highest BCUT2D eigenvalue weighted by molar-refractivity contribution is 5.53. The Kier molecular flexibility index (Phi) is 2.91. The molecule has 0 radical (unpaired) electrons. The van der Waals surface area contributed by atoms with E-state index >= 15 is 0 Å². The maximum absolute atomic E-state index is 5.72. The van der Waals surface area contributed by atoms with Gasteiger partial charge in [-0.15, -0.1) is 0 Å². The Hall–Kier alpha value is -1.09. The first-order valence-electron chi connectivity index (χ1n) is 5.60. The molecule has 3 heteroatoms. The Morgan fingerprint density at radius 2 is 2.07 bits per heavy atom. The number of pyridine rings is 1. The fourth-order valence-corrected chi connectivity index (χ4v) is 2.21. The molecule has 0 spiro atoms. The highest BCUT2D eigenvalue weighted by Crippen LogP contribution is 2.29. The molecule has 0 aromatic carbocycles. The summed E-state index contributed by atoms with van der Waals surface area (Å²) in [4.78, 5) is 6.55. The van der Waals surface area contributed by atoms with Gasteiger partial charge in [-0.3, -0.25) is 4.98 Å². The molecular weight excluding hydrogens is 186 g/mol. The quantitative estimate of drug-likeness (QED) is 0.798. The van der Waals surface area contributed by atoms with Crippen LogP contribution >= 0.6 is 0 Å². The predicted octanol–water partition coefficient (Wildman–Crippen LogP) is 1.63. The number of nitrogens with two attached hydrogens (primary N) is 1. The molecular formula is C12H19N3. The summed E-state index contributed by atoms with van der Waals surface area (Å²) in [6.45, 7) is 7.47. The van der Waals surface area contributed by atoms with Gasteiger partial charge in [-0.05, 0) is 17.9 Å². The summed E-state index contributed by atoms with van der Waals surface area (Å²) in [5.74, 6) is 1.53. The summed E-state index contributed by atoms with van der Waals surface area (Å²) in [5.41, 5.74) is 8.14. The van der Waals surface area contributed by atoms with Crippen LogP contribution in [0.5, 0.6) is 0 Å². The van der Waals surface area contributed by atoms with E-state index in [0.717, 1.165) is 30.5 Å². The Labute approximate surface area is 91.3 Å². The van der Waals surface area contributed by atoms with Gasteiger partial charge < -0.3 is 10.6 Å². The van der Waals surface area contributed by atoms with Gasteiger partial charge in [0.15, 0.2) is 0 Å². The number of anilines is 1. The molecule has 15 heavy (non-hydrogen) atoms. The molecule has 0 saturated carbocycles. The third kappa shape index (κ3) is 1.97. The van der Waals surface area contributed by atoms with E-state index in [4.69, 9.17) is 5.73 Å². The van der Waals surface area contributed by atoms with Crippen LogP contribution in [0.25, 0.3) is 0 Å². The van der Waals surface area contributed by atoms with Gasteiger partial charge in [0, 0.05) is 43.3 Å². The minimum Gasteiger partial charge on any atom is -0.371 e. The van der Waals surface area contributed by atoms with Crippen LogP contribution in [-0.2, 0) is 6.54 Å². The lowest BCUT2D eigenvalue weighted by Gasteiger charge is -2.21. The molecule has 2 rings (SSSR count). The van der Waals surface area contributed by atoms with Crippen molar-refractivity contribution in [2.75, 3.05) is 18.0 Å². The van der Waals surface area contributed by atoms with E-state index in [0.29, 0.717) is 6.54 Å². The lowest BCUT2D eigenvalue weighted by Crippen LogP contribution is -2.21. The SMILES string of the molecule is CC1CN(c2ccncc2CN)CC1C. The second-order valence-corrected chi connectivity index (χ2v) is 4.57. The van der Waals surface area contributed by atoms with Crippen molar-refractivity contribution in [2.45, 2.75) is 20.4 Å². The molecule has 2 atom stereocenters. The molecule has 1 saturated heterocycles. The van der Waals surface area contributed by atoms with Crippen molar-refractivity contribution < 1.29 is 0 Å². The maximum atomic E-state index is 5.72. The molecule has 1 aromatic rings. The molecule has 1 aromatic heterocycles. The van der Waals surface area contributed by atoms with Gasteiger partial charge >= 0.3 is 0 Å². The predicted molar refractivity (Wildman–Crippen MR) is 62.7 cm³/mol. The van der Waals surface area contributed by atoms with Gasteiger partial charge in [-0.2, -0.15) is 0 Å². The van der Waals surface area contributed by atoms with Crippen molar-refractivity contribution in [3.8, 4) is 0 Å². The van der Waals surface area contributed by atoms with Gasteiger partial charge in [-0.1, -0.05) is 13.8 Å². The van der Waals surface area contributed by atoms with Crippen molar-refractivity contribution >= 4 is 5.69 Å². The summed E-state index contributed by atoms with van der Waals surface area (Å²) in [7, 11) is 0. The van der Waals surface area contributed by atoms with E-state index in [1.54, 1.807) is 0 Å². The second-order valence-electron chi connectivity index (χ2n) is 4.57. The first kappa shape index (κ1) is 10.4. The van der Waals surface area contributed by atoms with Gasteiger partial charge in [0.1, 0.15) is 0 Å². The highest BCUT2D eigenvalue weighted by atomic mass is 15.2. The first-order chi connectivity index (χ1) is 7.22. The van der Waals surface area contributed by atoms with Gasteiger partial charge in [0.05, 0.1) is 0 Å². The molecule has 1 aliphatic rings. The van der Waals surface area contributed by atoms with E-state index in [9.17, 15) is 0 Å². The van der Waals surface area contributed by atoms with Gasteiger partial charge in [-0.25, -0.2) is 0 Å². The molecule has 3 nitrogen and oxygen atoms in total. The van der Waals surface area contributed by atoms with Crippen molar-refractivity contribution in [1.29, 1.82) is 0 Å². The first-order valence-corrected chi connectivity index (χ1v) is 5.60. The fraction of sp³-hybridized carbons (Fsp3) is 0.583. The molecule has 1 aliphatic heterocycles. The molecule has 1 fully saturated rings. The summed E-state index contributed by atoms with van der Waals surface area (Å²) in [6, 6.07) is 2.08. The third-order valence-corrected chi connectivity index (χ3v) is 3.43. The molecule has 0 aliphatic carbocycles. The molecule has 2 heterocycles. The van der Waals surface area contributed by atoms with Crippen LogP contribution in [-0.4, -0.2) is 18.1 Å². The van der Waals surface area contributed by atoms with E-state index in [1.165, 1.54) is 5.69 Å². The maximum Gasteiger partial charge on any atom is 0.0442 e. The van der Waals surface area contributed by atoms with Crippen molar-refractivity contribution in [3.05, 3.63) is 24.0 Å². The number of aromatic nitrogens is 1. The Bertz CT molecular complexity index is 327. The smallest absolute Gasteiger partial charge is 0.0442 e. The molecule has 0 amide bonds. The summed E-state index contributed by atoms with van der Waals surface area (Å²) >= 11 is 0. The zero-order chi connectivity index (χ0) is 10.8. The minimum absolute atomic E-state index is 0.572. The van der Waals surface area contributed by atoms with Crippen LogP contribution in [0.4, 0.5) is 5.69 Å². The number of hydrogen-bond acceptors (Lipinski definition) is 3. The zero-order valence-electron chi connectivity index (χ0n) is 9.48. The van der Waals surface area contributed by atoms with E-state index in [2.05, 4.69) is 29.8 Å². The number of nitrogens with zero attached hydrogens (tertiary/aromatic N) is 2. The Morgan fingerprint density at radius 3 is 2.67 bits per heavy atom. The van der Waals surface area contributed by atoms with Crippen LogP contribution in [0.15, 0.2) is 18.5 Å². The Morgan fingerprint density at radius 1 is 1.40 bits per heavy atom. The van der Waals surface area contributed by atoms with E-state index in [1.807, 2.05) is 12.4 Å². The summed E-state index contributed by atoms with van der Waals surface area (Å²) in [6.07, 6.45) is 3.73. The minimum atomic E-state index is 0.572. The van der Waals surface area contributed by atoms with Crippen molar-refractivity contribution in [2.24, 2.45) is 17.6 Å². The highest BCUT2D eigenvalue weighted by Gasteiger charge is 2.26. The lowest BCUT2D eigenvalue weighted by molar-refractivity contribution is 0.494.